The van der Waals surface area contributed by atoms with E-state index < -0.39 is 0 Å². The van der Waals surface area contributed by atoms with Crippen molar-refractivity contribution in [2.45, 2.75) is 33.4 Å². The third-order valence-corrected chi connectivity index (χ3v) is 5.74. The highest BCUT2D eigenvalue weighted by molar-refractivity contribution is 5.14. The van der Waals surface area contributed by atoms with Gasteiger partial charge in [0.25, 0.3) is 0 Å². The number of hydrogen-bond acceptors (Lipinski definition) is 0. The zero-order valence-corrected chi connectivity index (χ0v) is 16.6. The highest BCUT2D eigenvalue weighted by Crippen LogP contribution is 2.16. The van der Waals surface area contributed by atoms with Crippen molar-refractivity contribution < 1.29 is 8.97 Å². The van der Waals surface area contributed by atoms with Crippen molar-refractivity contribution >= 4 is 0 Å². The first-order valence-corrected chi connectivity index (χ1v) is 9.73. The van der Waals surface area contributed by atoms with Gasteiger partial charge in [0, 0.05) is 17.5 Å². The highest BCUT2D eigenvalue weighted by atomic mass is 15.3. The third-order valence-electron chi connectivity index (χ3n) is 5.74. The van der Waals surface area contributed by atoms with Crippen molar-refractivity contribution in [3.05, 3.63) is 71.8 Å². The van der Waals surface area contributed by atoms with Crippen LogP contribution in [0.5, 0.6) is 0 Å². The minimum Gasteiger partial charge on any atom is -0.322 e. The summed E-state index contributed by atoms with van der Waals surface area (Å²) in [6.45, 7) is 11.8. The number of hydrogen-bond donors (Lipinski definition) is 0. The molecule has 0 saturated carbocycles. The van der Waals surface area contributed by atoms with Gasteiger partial charge in [0.15, 0.2) is 0 Å². The molecular formula is C23H36N2+2. The lowest BCUT2D eigenvalue weighted by Crippen LogP contribution is -2.48. The fraction of sp³-hybridized carbons (Fsp3) is 0.478. The van der Waals surface area contributed by atoms with E-state index >= 15 is 0 Å². The van der Waals surface area contributed by atoms with Crippen molar-refractivity contribution in [2.75, 3.05) is 40.3 Å². The minimum absolute atomic E-state index is 1.12. The molecule has 0 bridgehead atoms. The first-order valence-electron chi connectivity index (χ1n) is 9.73. The Kier molecular flexibility index (Phi) is 7.22. The second-order valence-corrected chi connectivity index (χ2v) is 7.96. The summed E-state index contributed by atoms with van der Waals surface area (Å²) in [4.78, 5) is 0. The molecule has 0 aliphatic carbocycles. The predicted molar refractivity (Wildman–Crippen MR) is 108 cm³/mol. The summed E-state index contributed by atoms with van der Waals surface area (Å²) in [6, 6.07) is 21.9. The van der Waals surface area contributed by atoms with E-state index in [4.69, 9.17) is 0 Å². The average molecular weight is 341 g/mol. The second kappa shape index (κ2) is 9.17. The lowest BCUT2D eigenvalue weighted by atomic mass is 10.1. The van der Waals surface area contributed by atoms with E-state index in [0.29, 0.717) is 0 Å². The van der Waals surface area contributed by atoms with Crippen molar-refractivity contribution in [1.82, 2.24) is 0 Å². The maximum absolute atomic E-state index is 2.40. The minimum atomic E-state index is 1.12. The molecule has 0 fully saturated rings. The van der Waals surface area contributed by atoms with Gasteiger partial charge >= 0.3 is 0 Å². The van der Waals surface area contributed by atoms with Crippen LogP contribution in [0.3, 0.4) is 0 Å². The lowest BCUT2D eigenvalue weighted by molar-refractivity contribution is -0.939. The average Bonchev–Trinajstić information content (AvgIpc) is 2.63. The van der Waals surface area contributed by atoms with Crippen LogP contribution >= 0.6 is 0 Å². The molecule has 2 unspecified atom stereocenters. The summed E-state index contributed by atoms with van der Waals surface area (Å²) in [5, 5.41) is 0. The molecule has 0 aromatic heterocycles. The molecule has 136 valence electrons. The van der Waals surface area contributed by atoms with Crippen molar-refractivity contribution in [3.8, 4) is 0 Å². The smallest absolute Gasteiger partial charge is 0.104 e. The van der Waals surface area contributed by atoms with Crippen LogP contribution in [-0.2, 0) is 13.1 Å². The van der Waals surface area contributed by atoms with Crippen LogP contribution in [0.25, 0.3) is 0 Å². The molecule has 2 atom stereocenters. The van der Waals surface area contributed by atoms with Gasteiger partial charge in [0.1, 0.15) is 13.1 Å². The fourth-order valence-electron chi connectivity index (χ4n) is 3.58. The van der Waals surface area contributed by atoms with Gasteiger partial charge in [-0.25, -0.2) is 0 Å². The van der Waals surface area contributed by atoms with Crippen LogP contribution in [0, 0.1) is 0 Å². The Labute approximate surface area is 154 Å². The molecule has 0 amide bonds. The summed E-state index contributed by atoms with van der Waals surface area (Å²) in [7, 11) is 4.81. The molecule has 0 aliphatic heterocycles. The van der Waals surface area contributed by atoms with Gasteiger partial charge in [0.05, 0.1) is 40.3 Å². The summed E-state index contributed by atoms with van der Waals surface area (Å²) in [6.07, 6.45) is 1.27. The molecule has 0 spiro atoms. The van der Waals surface area contributed by atoms with Crippen molar-refractivity contribution in [3.63, 3.8) is 0 Å². The molecule has 2 aromatic rings. The number of quaternary nitrogens is 2. The standard InChI is InChI=1S/C23H36N2/c1-5-24(3,20-22-14-9-7-10-15-22)18-13-19-25(4,6-2)21-23-16-11-8-12-17-23/h7-12,14-17H,5-6,13,18-21H2,1-4H3/q+2. The van der Waals surface area contributed by atoms with Crippen LogP contribution in [-0.4, -0.2) is 49.2 Å². The number of benzene rings is 2. The highest BCUT2D eigenvalue weighted by Gasteiger charge is 2.24. The third kappa shape index (κ3) is 6.30. The molecule has 2 heteroatoms. The summed E-state index contributed by atoms with van der Waals surface area (Å²) >= 11 is 0. The van der Waals surface area contributed by atoms with E-state index in [1.165, 1.54) is 43.7 Å². The van der Waals surface area contributed by atoms with E-state index in [1.807, 2.05) is 0 Å². The van der Waals surface area contributed by atoms with Gasteiger partial charge in [-0.2, -0.15) is 0 Å². The maximum atomic E-state index is 2.40. The molecule has 0 aliphatic rings. The topological polar surface area (TPSA) is 0 Å². The van der Waals surface area contributed by atoms with Gasteiger partial charge in [-0.3, -0.25) is 0 Å². The molecule has 0 N–H and O–H groups in total. The Balaban J connectivity index is 1.91. The van der Waals surface area contributed by atoms with Crippen LogP contribution in [0.4, 0.5) is 0 Å². The van der Waals surface area contributed by atoms with E-state index in [2.05, 4.69) is 88.6 Å². The second-order valence-electron chi connectivity index (χ2n) is 7.96. The largest absolute Gasteiger partial charge is 0.322 e. The quantitative estimate of drug-likeness (QED) is 0.550. The van der Waals surface area contributed by atoms with E-state index in [9.17, 15) is 0 Å². The van der Waals surface area contributed by atoms with Crippen LogP contribution < -0.4 is 0 Å². The Morgan fingerprint density at radius 1 is 0.600 bits per heavy atom. The van der Waals surface area contributed by atoms with Gasteiger partial charge < -0.3 is 8.97 Å². The van der Waals surface area contributed by atoms with Gasteiger partial charge in [0.2, 0.25) is 0 Å². The Morgan fingerprint density at radius 2 is 0.960 bits per heavy atom. The zero-order valence-electron chi connectivity index (χ0n) is 16.6. The molecule has 2 nitrogen and oxygen atoms in total. The van der Waals surface area contributed by atoms with Gasteiger partial charge in [-0.05, 0) is 13.8 Å². The molecule has 0 saturated heterocycles. The number of rotatable bonds is 10. The molecule has 0 heterocycles. The number of nitrogens with zero attached hydrogens (tertiary/aromatic N) is 2. The maximum Gasteiger partial charge on any atom is 0.104 e. The summed E-state index contributed by atoms with van der Waals surface area (Å²) < 4.78 is 2.25. The van der Waals surface area contributed by atoms with Gasteiger partial charge in [-0.1, -0.05) is 60.7 Å². The molecule has 25 heavy (non-hydrogen) atoms. The normalized spacial score (nSPS) is 16.2. The molecule has 2 rings (SSSR count). The van der Waals surface area contributed by atoms with Crippen molar-refractivity contribution in [2.24, 2.45) is 0 Å². The Hall–Kier alpha value is -1.64. The van der Waals surface area contributed by atoms with E-state index in [-0.39, 0.29) is 0 Å². The summed E-state index contributed by atoms with van der Waals surface area (Å²) in [5.74, 6) is 0. The fourth-order valence-corrected chi connectivity index (χ4v) is 3.58. The first-order chi connectivity index (χ1) is 12.0. The van der Waals surface area contributed by atoms with Crippen molar-refractivity contribution in [1.29, 1.82) is 0 Å². The molecule has 2 aromatic carbocycles. The Bertz CT molecular complexity index is 555. The van der Waals surface area contributed by atoms with Gasteiger partial charge in [-0.15, -0.1) is 0 Å². The van der Waals surface area contributed by atoms with E-state index in [0.717, 1.165) is 22.1 Å². The lowest BCUT2D eigenvalue weighted by Gasteiger charge is -2.37. The Morgan fingerprint density at radius 3 is 1.28 bits per heavy atom. The van der Waals surface area contributed by atoms with E-state index in [1.54, 1.807) is 0 Å². The predicted octanol–water partition coefficient (Wildman–Crippen LogP) is 4.71. The zero-order chi connectivity index (χ0) is 18.2. The SMILES string of the molecule is CC[N+](C)(CCC[N+](C)(CC)Cc1ccccc1)Cc1ccccc1. The monoisotopic (exact) mass is 340 g/mol. The van der Waals surface area contributed by atoms with Crippen LogP contribution in [0.1, 0.15) is 31.4 Å². The molecular weight excluding hydrogens is 304 g/mol. The molecule has 0 radical (unpaired) electrons. The van der Waals surface area contributed by atoms with Crippen LogP contribution in [0.2, 0.25) is 0 Å². The summed E-state index contributed by atoms with van der Waals surface area (Å²) in [5.41, 5.74) is 2.90. The van der Waals surface area contributed by atoms with Crippen LogP contribution in [0.15, 0.2) is 60.7 Å². The first kappa shape index (κ1) is 19.7.